The molecule has 2 nitrogen and oxygen atoms in total. The minimum absolute atomic E-state index is 0.593. The van der Waals surface area contributed by atoms with Gasteiger partial charge >= 0.3 is 0 Å². The molecule has 78 valence electrons. The maximum Gasteiger partial charge on any atom is 0.0768 e. The Balaban J connectivity index is 0.000000255. The van der Waals surface area contributed by atoms with Gasteiger partial charge < -0.3 is 10.2 Å². The van der Waals surface area contributed by atoms with Crippen LogP contribution in [0.5, 0.6) is 0 Å². The van der Waals surface area contributed by atoms with Crippen LogP contribution in [0.3, 0.4) is 0 Å². The van der Waals surface area contributed by atoms with Gasteiger partial charge in [0.15, 0.2) is 0 Å². The van der Waals surface area contributed by atoms with Crippen LogP contribution >= 0.6 is 0 Å². The third kappa shape index (κ3) is 6.40. The standard InChI is InChI=1S/C8H8.C4H10O2/c1-2-8-6-4-3-5-7-8;1-3(5)4(2)6/h2-7H,1H2;3-6H,1-2H3. The Labute approximate surface area is 85.5 Å². The molecule has 0 aliphatic heterocycles. The van der Waals surface area contributed by atoms with Gasteiger partial charge in [-0.15, -0.1) is 0 Å². The fourth-order valence-electron chi connectivity index (χ4n) is 0.589. The van der Waals surface area contributed by atoms with E-state index < -0.39 is 12.2 Å². The highest BCUT2D eigenvalue weighted by Gasteiger charge is 1.99. The molecule has 0 aliphatic rings. The molecule has 2 heteroatoms. The molecule has 0 radical (unpaired) electrons. The Morgan fingerprint density at radius 2 is 1.50 bits per heavy atom. The highest BCUT2D eigenvalue weighted by Crippen LogP contribution is 1.97. The number of aliphatic hydroxyl groups is 2. The van der Waals surface area contributed by atoms with Crippen LogP contribution in [0.1, 0.15) is 19.4 Å². The minimum atomic E-state index is -0.593. The zero-order valence-electron chi connectivity index (χ0n) is 8.72. The Morgan fingerprint density at radius 1 is 1.07 bits per heavy atom. The van der Waals surface area contributed by atoms with Gasteiger partial charge in [-0.3, -0.25) is 0 Å². The van der Waals surface area contributed by atoms with Crippen molar-refractivity contribution in [3.05, 3.63) is 42.5 Å². The van der Waals surface area contributed by atoms with Gasteiger partial charge in [-0.1, -0.05) is 43.0 Å². The molecule has 0 aliphatic carbocycles. The molecule has 0 saturated carbocycles. The lowest BCUT2D eigenvalue weighted by atomic mass is 10.2. The number of aliphatic hydroxyl groups excluding tert-OH is 2. The quantitative estimate of drug-likeness (QED) is 0.756. The Hall–Kier alpha value is -1.12. The van der Waals surface area contributed by atoms with E-state index >= 15 is 0 Å². The van der Waals surface area contributed by atoms with Crippen molar-refractivity contribution in [1.82, 2.24) is 0 Å². The molecule has 0 amide bonds. The van der Waals surface area contributed by atoms with Gasteiger partial charge in [0.2, 0.25) is 0 Å². The van der Waals surface area contributed by atoms with Gasteiger partial charge in [0.1, 0.15) is 0 Å². The Bertz CT molecular complexity index is 234. The van der Waals surface area contributed by atoms with Gasteiger partial charge in [0.25, 0.3) is 0 Å². The first-order valence-electron chi connectivity index (χ1n) is 4.61. The predicted molar refractivity (Wildman–Crippen MR) is 59.9 cm³/mol. The summed E-state index contributed by atoms with van der Waals surface area (Å²) in [6.45, 7) is 6.72. The Kier molecular flexibility index (Phi) is 6.72. The first kappa shape index (κ1) is 12.9. The van der Waals surface area contributed by atoms with Gasteiger partial charge in [0.05, 0.1) is 12.2 Å². The summed E-state index contributed by atoms with van der Waals surface area (Å²) in [5.41, 5.74) is 1.17. The van der Waals surface area contributed by atoms with Crippen LogP contribution in [0.2, 0.25) is 0 Å². The van der Waals surface area contributed by atoms with Gasteiger partial charge in [-0.25, -0.2) is 0 Å². The molecule has 2 atom stereocenters. The predicted octanol–water partition coefficient (Wildman–Crippen LogP) is 2.08. The zero-order valence-corrected chi connectivity index (χ0v) is 8.72. The van der Waals surface area contributed by atoms with E-state index in [0.29, 0.717) is 0 Å². The van der Waals surface area contributed by atoms with E-state index in [0.717, 1.165) is 0 Å². The molecule has 1 rings (SSSR count). The van der Waals surface area contributed by atoms with Gasteiger partial charge in [-0.2, -0.15) is 0 Å². The maximum atomic E-state index is 8.38. The number of hydrogen-bond acceptors (Lipinski definition) is 2. The summed E-state index contributed by atoms with van der Waals surface area (Å²) in [5, 5.41) is 16.8. The third-order valence-corrected chi connectivity index (χ3v) is 1.73. The summed E-state index contributed by atoms with van der Waals surface area (Å²) < 4.78 is 0. The molecule has 0 spiro atoms. The first-order chi connectivity index (χ1) is 6.57. The zero-order chi connectivity index (χ0) is 11.0. The lowest BCUT2D eigenvalue weighted by Gasteiger charge is -2.03. The molecule has 2 unspecified atom stereocenters. The van der Waals surface area contributed by atoms with Crippen molar-refractivity contribution in [3.63, 3.8) is 0 Å². The highest BCUT2D eigenvalue weighted by molar-refractivity contribution is 5.45. The molecule has 0 aromatic heterocycles. The fourth-order valence-corrected chi connectivity index (χ4v) is 0.589. The van der Waals surface area contributed by atoms with Crippen molar-refractivity contribution in [2.75, 3.05) is 0 Å². The number of hydrogen-bond donors (Lipinski definition) is 2. The molecule has 14 heavy (non-hydrogen) atoms. The van der Waals surface area contributed by atoms with Crippen molar-refractivity contribution in [2.45, 2.75) is 26.1 Å². The van der Waals surface area contributed by atoms with E-state index in [4.69, 9.17) is 10.2 Å². The lowest BCUT2D eigenvalue weighted by Crippen LogP contribution is -2.17. The molecule has 0 heterocycles. The van der Waals surface area contributed by atoms with E-state index in [1.807, 2.05) is 36.4 Å². The third-order valence-electron chi connectivity index (χ3n) is 1.73. The number of rotatable bonds is 2. The van der Waals surface area contributed by atoms with Crippen LogP contribution in [-0.2, 0) is 0 Å². The van der Waals surface area contributed by atoms with Crippen molar-refractivity contribution in [2.24, 2.45) is 0 Å². The summed E-state index contributed by atoms with van der Waals surface area (Å²) in [6, 6.07) is 10.0. The summed E-state index contributed by atoms with van der Waals surface area (Å²) in [4.78, 5) is 0. The summed E-state index contributed by atoms with van der Waals surface area (Å²) in [7, 11) is 0. The molecule has 0 bridgehead atoms. The van der Waals surface area contributed by atoms with E-state index in [-0.39, 0.29) is 0 Å². The van der Waals surface area contributed by atoms with Crippen molar-refractivity contribution < 1.29 is 10.2 Å². The van der Waals surface area contributed by atoms with Crippen molar-refractivity contribution in [3.8, 4) is 0 Å². The van der Waals surface area contributed by atoms with Crippen LogP contribution in [0.15, 0.2) is 36.9 Å². The van der Waals surface area contributed by atoms with Crippen LogP contribution < -0.4 is 0 Å². The number of benzene rings is 1. The van der Waals surface area contributed by atoms with Crippen LogP contribution in [0.25, 0.3) is 6.08 Å². The molecule has 1 aromatic rings. The Morgan fingerprint density at radius 3 is 1.71 bits per heavy atom. The second-order valence-electron chi connectivity index (χ2n) is 3.10. The van der Waals surface area contributed by atoms with E-state index in [9.17, 15) is 0 Å². The van der Waals surface area contributed by atoms with Crippen LogP contribution in [0.4, 0.5) is 0 Å². The lowest BCUT2D eigenvalue weighted by molar-refractivity contribution is 0.0438. The first-order valence-corrected chi connectivity index (χ1v) is 4.61. The SMILES string of the molecule is C=Cc1ccccc1.CC(O)C(C)O. The van der Waals surface area contributed by atoms with E-state index in [2.05, 4.69) is 6.58 Å². The minimum Gasteiger partial charge on any atom is -0.391 e. The molecular weight excluding hydrogens is 176 g/mol. The second kappa shape index (κ2) is 7.30. The van der Waals surface area contributed by atoms with Crippen molar-refractivity contribution >= 4 is 6.08 Å². The van der Waals surface area contributed by atoms with Gasteiger partial charge in [-0.05, 0) is 19.4 Å². The topological polar surface area (TPSA) is 40.5 Å². The molecule has 0 fully saturated rings. The molecule has 1 aromatic carbocycles. The fraction of sp³-hybridized carbons (Fsp3) is 0.333. The van der Waals surface area contributed by atoms with Crippen LogP contribution in [0, 0.1) is 0 Å². The monoisotopic (exact) mass is 194 g/mol. The molecule has 0 saturated heterocycles. The van der Waals surface area contributed by atoms with Crippen molar-refractivity contribution in [1.29, 1.82) is 0 Å². The largest absolute Gasteiger partial charge is 0.391 e. The highest BCUT2D eigenvalue weighted by atomic mass is 16.3. The van der Waals surface area contributed by atoms with E-state index in [1.165, 1.54) is 5.56 Å². The summed E-state index contributed by atoms with van der Waals surface area (Å²) in [6.07, 6.45) is 0.648. The van der Waals surface area contributed by atoms with E-state index in [1.54, 1.807) is 13.8 Å². The van der Waals surface area contributed by atoms with Crippen LogP contribution in [-0.4, -0.2) is 22.4 Å². The average molecular weight is 194 g/mol. The van der Waals surface area contributed by atoms with Gasteiger partial charge in [0, 0.05) is 0 Å². The maximum absolute atomic E-state index is 8.38. The molecular formula is C12H18O2. The normalized spacial score (nSPS) is 13.4. The second-order valence-corrected chi connectivity index (χ2v) is 3.10. The summed E-state index contributed by atoms with van der Waals surface area (Å²) >= 11 is 0. The summed E-state index contributed by atoms with van der Waals surface area (Å²) in [5.74, 6) is 0. The molecule has 2 N–H and O–H groups in total. The smallest absolute Gasteiger partial charge is 0.0768 e. The average Bonchev–Trinajstić information content (AvgIpc) is 2.20.